The van der Waals surface area contributed by atoms with Crippen LogP contribution in [-0.4, -0.2) is 21.4 Å². The Morgan fingerprint density at radius 2 is 1.81 bits per heavy atom. The molecule has 1 aromatic heterocycles. The summed E-state index contributed by atoms with van der Waals surface area (Å²) in [5.74, 6) is 0.608. The van der Waals surface area contributed by atoms with Gasteiger partial charge in [0, 0.05) is 46.4 Å². The molecule has 1 N–H and O–H groups in total. The summed E-state index contributed by atoms with van der Waals surface area (Å²) in [5.41, 5.74) is 4.53. The average Bonchev–Trinajstić information content (AvgIpc) is 2.65. The fraction of sp³-hybridized carbons (Fsp3) is 0.238. The Kier molecular flexibility index (Phi) is 5.04. The molecule has 0 aliphatic carbocycles. The first-order valence-electron chi connectivity index (χ1n) is 8.85. The first-order chi connectivity index (χ1) is 13.0. The number of halogens is 2. The molecule has 0 atom stereocenters. The zero-order valence-electron chi connectivity index (χ0n) is 14.9. The zero-order valence-corrected chi connectivity index (χ0v) is 16.4. The highest BCUT2D eigenvalue weighted by atomic mass is 35.5. The van der Waals surface area contributed by atoms with Gasteiger partial charge in [-0.05, 0) is 25.5 Å². The maximum Gasteiger partial charge on any atom is 0.254 e. The van der Waals surface area contributed by atoms with E-state index in [1.54, 1.807) is 0 Å². The molecule has 0 bridgehead atoms. The van der Waals surface area contributed by atoms with Gasteiger partial charge in [-0.3, -0.25) is 9.69 Å². The van der Waals surface area contributed by atoms with Crippen LogP contribution in [0, 0.1) is 6.92 Å². The summed E-state index contributed by atoms with van der Waals surface area (Å²) in [6.07, 6.45) is 0.661. The minimum atomic E-state index is -0.0500. The fourth-order valence-corrected chi connectivity index (χ4v) is 3.90. The Bertz CT molecular complexity index is 1020. The third kappa shape index (κ3) is 3.79. The number of fused-ring (bicyclic) bond motifs is 1. The molecule has 3 aromatic rings. The first-order valence-corrected chi connectivity index (χ1v) is 9.61. The lowest BCUT2D eigenvalue weighted by molar-refractivity contribution is 0.240. The third-order valence-electron chi connectivity index (χ3n) is 4.92. The van der Waals surface area contributed by atoms with Crippen molar-refractivity contribution in [3.63, 3.8) is 0 Å². The molecule has 138 valence electrons. The lowest BCUT2D eigenvalue weighted by Crippen LogP contribution is -2.35. The van der Waals surface area contributed by atoms with Crippen molar-refractivity contribution in [3.8, 4) is 11.4 Å². The zero-order chi connectivity index (χ0) is 19.0. The molecule has 0 fully saturated rings. The van der Waals surface area contributed by atoms with Gasteiger partial charge in [0.1, 0.15) is 5.82 Å². The van der Waals surface area contributed by atoms with Crippen LogP contribution in [0.5, 0.6) is 0 Å². The molecule has 4 nitrogen and oxygen atoms in total. The minimum Gasteiger partial charge on any atom is -0.306 e. The molecule has 0 amide bonds. The maximum atomic E-state index is 12.5. The van der Waals surface area contributed by atoms with Crippen molar-refractivity contribution in [1.82, 2.24) is 14.9 Å². The van der Waals surface area contributed by atoms with E-state index < -0.39 is 0 Å². The van der Waals surface area contributed by atoms with Gasteiger partial charge in [-0.2, -0.15) is 0 Å². The number of rotatable bonds is 3. The van der Waals surface area contributed by atoms with Crippen molar-refractivity contribution in [1.29, 1.82) is 0 Å². The van der Waals surface area contributed by atoms with E-state index in [1.165, 1.54) is 5.56 Å². The van der Waals surface area contributed by atoms with E-state index in [0.29, 0.717) is 35.4 Å². The molecule has 0 saturated heterocycles. The van der Waals surface area contributed by atoms with Gasteiger partial charge < -0.3 is 4.98 Å². The summed E-state index contributed by atoms with van der Waals surface area (Å²) in [6, 6.07) is 13.5. The lowest BCUT2D eigenvalue weighted by Gasteiger charge is -2.28. The van der Waals surface area contributed by atoms with Crippen LogP contribution in [0.4, 0.5) is 0 Å². The van der Waals surface area contributed by atoms with E-state index in [4.69, 9.17) is 28.2 Å². The largest absolute Gasteiger partial charge is 0.306 e. The molecule has 1 aliphatic rings. The second kappa shape index (κ2) is 7.47. The second-order valence-electron chi connectivity index (χ2n) is 6.87. The number of aryl methyl sites for hydroxylation is 1. The minimum absolute atomic E-state index is 0.0500. The standard InChI is InChI=1S/C21H19Cl2N3O/c1-13-5-7-14(8-6-13)20-24-19-12-26(10-9-15(19)21(27)25-20)11-16-17(22)3-2-4-18(16)23/h2-8H,9-12H2,1H3,(H,24,25,27). The Labute approximate surface area is 167 Å². The summed E-state index contributed by atoms with van der Waals surface area (Å²) in [6.45, 7) is 4.03. The van der Waals surface area contributed by atoms with E-state index >= 15 is 0 Å². The number of hydrogen-bond donors (Lipinski definition) is 1. The van der Waals surface area contributed by atoms with E-state index in [-0.39, 0.29) is 5.56 Å². The van der Waals surface area contributed by atoms with Gasteiger partial charge >= 0.3 is 0 Å². The topological polar surface area (TPSA) is 49.0 Å². The monoisotopic (exact) mass is 399 g/mol. The van der Waals surface area contributed by atoms with Crippen LogP contribution in [-0.2, 0) is 19.5 Å². The highest BCUT2D eigenvalue weighted by Gasteiger charge is 2.22. The Balaban J connectivity index is 1.63. The van der Waals surface area contributed by atoms with Crippen molar-refractivity contribution in [3.05, 3.63) is 85.2 Å². The van der Waals surface area contributed by atoms with Crippen molar-refractivity contribution in [2.24, 2.45) is 0 Å². The first kappa shape index (κ1) is 18.2. The van der Waals surface area contributed by atoms with Gasteiger partial charge in [0.25, 0.3) is 5.56 Å². The molecule has 2 heterocycles. The van der Waals surface area contributed by atoms with Crippen molar-refractivity contribution < 1.29 is 0 Å². The normalized spacial score (nSPS) is 14.2. The van der Waals surface area contributed by atoms with Gasteiger partial charge in [0.2, 0.25) is 0 Å². The molecule has 4 rings (SSSR count). The Hall–Kier alpha value is -2.14. The Morgan fingerprint density at radius 1 is 1.11 bits per heavy atom. The van der Waals surface area contributed by atoms with E-state index in [0.717, 1.165) is 28.9 Å². The predicted molar refractivity (Wildman–Crippen MR) is 109 cm³/mol. The molecule has 1 aliphatic heterocycles. The molecule has 0 spiro atoms. The van der Waals surface area contributed by atoms with Crippen molar-refractivity contribution in [2.45, 2.75) is 26.4 Å². The number of benzene rings is 2. The summed E-state index contributed by atoms with van der Waals surface area (Å²) in [7, 11) is 0. The van der Waals surface area contributed by atoms with Crippen LogP contribution in [0.2, 0.25) is 10.0 Å². The van der Waals surface area contributed by atoms with Gasteiger partial charge in [-0.1, -0.05) is 59.1 Å². The number of aromatic amines is 1. The highest BCUT2D eigenvalue weighted by Crippen LogP contribution is 2.27. The SMILES string of the molecule is Cc1ccc(-c2nc3c(c(=O)[nH]2)CCN(Cc2c(Cl)cccc2Cl)C3)cc1. The number of H-pyrrole nitrogens is 1. The lowest BCUT2D eigenvalue weighted by atomic mass is 10.0. The molecular formula is C21H19Cl2N3O. The molecule has 2 aromatic carbocycles. The van der Waals surface area contributed by atoms with Crippen LogP contribution < -0.4 is 5.56 Å². The third-order valence-corrected chi connectivity index (χ3v) is 5.63. The molecule has 0 saturated carbocycles. The average molecular weight is 400 g/mol. The van der Waals surface area contributed by atoms with E-state index in [2.05, 4.69) is 9.88 Å². The van der Waals surface area contributed by atoms with Gasteiger partial charge in [0.15, 0.2) is 0 Å². The van der Waals surface area contributed by atoms with Gasteiger partial charge in [-0.25, -0.2) is 4.98 Å². The van der Waals surface area contributed by atoms with Gasteiger partial charge in [-0.15, -0.1) is 0 Å². The van der Waals surface area contributed by atoms with Crippen molar-refractivity contribution >= 4 is 23.2 Å². The summed E-state index contributed by atoms with van der Waals surface area (Å²) in [4.78, 5) is 22.4. The van der Waals surface area contributed by atoms with Gasteiger partial charge in [0.05, 0.1) is 5.69 Å². The number of aromatic nitrogens is 2. The van der Waals surface area contributed by atoms with Crippen LogP contribution >= 0.6 is 23.2 Å². The number of nitrogens with zero attached hydrogens (tertiary/aromatic N) is 2. The summed E-state index contributed by atoms with van der Waals surface area (Å²) >= 11 is 12.6. The van der Waals surface area contributed by atoms with Crippen LogP contribution in [0.3, 0.4) is 0 Å². The quantitative estimate of drug-likeness (QED) is 0.699. The highest BCUT2D eigenvalue weighted by molar-refractivity contribution is 6.35. The van der Waals surface area contributed by atoms with Crippen LogP contribution in [0.25, 0.3) is 11.4 Å². The second-order valence-corrected chi connectivity index (χ2v) is 7.68. The smallest absolute Gasteiger partial charge is 0.254 e. The predicted octanol–water partition coefficient (Wildman–Crippen LogP) is 4.61. The molecule has 6 heteroatoms. The van der Waals surface area contributed by atoms with Crippen molar-refractivity contribution in [2.75, 3.05) is 6.54 Å². The molecular weight excluding hydrogens is 381 g/mol. The van der Waals surface area contributed by atoms with Crippen LogP contribution in [0.15, 0.2) is 47.3 Å². The number of hydrogen-bond acceptors (Lipinski definition) is 3. The molecule has 27 heavy (non-hydrogen) atoms. The fourth-order valence-electron chi connectivity index (χ4n) is 3.38. The maximum absolute atomic E-state index is 12.5. The summed E-state index contributed by atoms with van der Waals surface area (Å²) < 4.78 is 0. The van der Waals surface area contributed by atoms with E-state index in [1.807, 2.05) is 49.4 Å². The molecule has 0 unspecified atom stereocenters. The molecule has 0 radical (unpaired) electrons. The summed E-state index contributed by atoms with van der Waals surface area (Å²) in [5, 5.41) is 1.32. The number of nitrogens with one attached hydrogen (secondary N) is 1. The Morgan fingerprint density at radius 3 is 2.52 bits per heavy atom. The van der Waals surface area contributed by atoms with Crippen LogP contribution in [0.1, 0.15) is 22.4 Å². The van der Waals surface area contributed by atoms with E-state index in [9.17, 15) is 4.79 Å².